The van der Waals surface area contributed by atoms with Crippen LogP contribution in [0.15, 0.2) is 30.3 Å². The van der Waals surface area contributed by atoms with E-state index in [1.165, 1.54) is 18.4 Å². The van der Waals surface area contributed by atoms with Crippen LogP contribution in [0.1, 0.15) is 24.8 Å². The molecule has 1 atom stereocenters. The first-order chi connectivity index (χ1) is 8.88. The van der Waals surface area contributed by atoms with Gasteiger partial charge in [0.2, 0.25) is 0 Å². The van der Waals surface area contributed by atoms with Crippen molar-refractivity contribution < 1.29 is 4.74 Å². The molecule has 1 aliphatic carbocycles. The summed E-state index contributed by atoms with van der Waals surface area (Å²) in [5.74, 6) is 0. The highest BCUT2D eigenvalue weighted by atomic mass is 16.5. The maximum absolute atomic E-state index is 8.97. The maximum atomic E-state index is 8.97. The predicted molar refractivity (Wildman–Crippen MR) is 71.1 cm³/mol. The molecule has 0 heterocycles. The van der Waals surface area contributed by atoms with Gasteiger partial charge in [-0.15, -0.1) is 0 Å². The molecular weight excluding hydrogens is 224 g/mol. The fourth-order valence-corrected chi connectivity index (χ4v) is 1.86. The topological polar surface area (TPSA) is 45.0 Å². The van der Waals surface area contributed by atoms with Gasteiger partial charge in [-0.3, -0.25) is 5.32 Å². The summed E-state index contributed by atoms with van der Waals surface area (Å²) in [5.41, 5.74) is 1.30. The van der Waals surface area contributed by atoms with E-state index in [0.717, 1.165) is 19.4 Å². The molecule has 0 amide bonds. The van der Waals surface area contributed by atoms with Crippen LogP contribution in [-0.2, 0) is 11.2 Å². The van der Waals surface area contributed by atoms with Gasteiger partial charge in [-0.25, -0.2) is 0 Å². The number of nitrogens with zero attached hydrogens (tertiary/aromatic N) is 1. The molecule has 0 aromatic heterocycles. The molecule has 1 saturated carbocycles. The molecule has 1 aromatic carbocycles. The largest absolute Gasteiger partial charge is 0.381 e. The molecule has 1 unspecified atom stereocenters. The minimum Gasteiger partial charge on any atom is -0.381 e. The van der Waals surface area contributed by atoms with Gasteiger partial charge in [0.15, 0.2) is 0 Å². The van der Waals surface area contributed by atoms with Crippen LogP contribution in [-0.4, -0.2) is 25.3 Å². The molecule has 18 heavy (non-hydrogen) atoms. The molecule has 1 aromatic rings. The third-order valence-electron chi connectivity index (χ3n) is 3.10. The molecule has 0 saturated heterocycles. The van der Waals surface area contributed by atoms with Gasteiger partial charge in [0.05, 0.1) is 18.7 Å². The highest BCUT2D eigenvalue weighted by molar-refractivity contribution is 5.14. The Hall–Kier alpha value is -1.37. The van der Waals surface area contributed by atoms with Gasteiger partial charge in [0, 0.05) is 12.6 Å². The second-order valence-electron chi connectivity index (χ2n) is 4.76. The van der Waals surface area contributed by atoms with Crippen molar-refractivity contribution in [1.29, 1.82) is 5.26 Å². The lowest BCUT2D eigenvalue weighted by atomic mass is 10.2. The van der Waals surface area contributed by atoms with Gasteiger partial charge in [-0.2, -0.15) is 5.26 Å². The Morgan fingerprint density at radius 1 is 1.28 bits per heavy atom. The van der Waals surface area contributed by atoms with Crippen molar-refractivity contribution in [3.63, 3.8) is 0 Å². The Labute approximate surface area is 109 Å². The van der Waals surface area contributed by atoms with Gasteiger partial charge in [0.25, 0.3) is 0 Å². The second kappa shape index (κ2) is 7.15. The third-order valence-corrected chi connectivity index (χ3v) is 3.10. The standard InChI is InChI=1S/C15H20N2O/c16-12-15(17-14-6-7-14)9-11-18-10-8-13-4-2-1-3-5-13/h1-5,14-15,17H,6-11H2. The van der Waals surface area contributed by atoms with Crippen molar-refractivity contribution >= 4 is 0 Å². The van der Waals surface area contributed by atoms with E-state index in [1.807, 2.05) is 18.2 Å². The van der Waals surface area contributed by atoms with Gasteiger partial charge in [-0.05, 0) is 31.2 Å². The lowest BCUT2D eigenvalue weighted by Gasteiger charge is -2.10. The summed E-state index contributed by atoms with van der Waals surface area (Å²) >= 11 is 0. The van der Waals surface area contributed by atoms with Crippen molar-refractivity contribution in [2.75, 3.05) is 13.2 Å². The summed E-state index contributed by atoms with van der Waals surface area (Å²) in [6.07, 6.45) is 4.15. The molecule has 2 rings (SSSR count). The first-order valence-electron chi connectivity index (χ1n) is 6.66. The Balaban J connectivity index is 1.54. The summed E-state index contributed by atoms with van der Waals surface area (Å²) in [6.45, 7) is 1.39. The molecule has 1 N–H and O–H groups in total. The van der Waals surface area contributed by atoms with Gasteiger partial charge in [-0.1, -0.05) is 30.3 Å². The molecule has 0 bridgehead atoms. The average molecular weight is 244 g/mol. The van der Waals surface area contributed by atoms with Crippen LogP contribution in [0.25, 0.3) is 0 Å². The molecule has 0 radical (unpaired) electrons. The molecule has 0 aliphatic heterocycles. The van der Waals surface area contributed by atoms with E-state index in [4.69, 9.17) is 10.00 Å². The Bertz CT molecular complexity index is 381. The number of hydrogen-bond acceptors (Lipinski definition) is 3. The summed E-state index contributed by atoms with van der Waals surface area (Å²) in [7, 11) is 0. The van der Waals surface area contributed by atoms with Crippen LogP contribution in [0.2, 0.25) is 0 Å². The SMILES string of the molecule is N#CC(CCOCCc1ccccc1)NC1CC1. The van der Waals surface area contributed by atoms with Crippen molar-refractivity contribution in [1.82, 2.24) is 5.32 Å². The van der Waals surface area contributed by atoms with E-state index in [9.17, 15) is 0 Å². The van der Waals surface area contributed by atoms with Gasteiger partial charge in [0.1, 0.15) is 0 Å². The molecule has 96 valence electrons. The molecule has 3 heteroatoms. The molecule has 1 aliphatic rings. The van der Waals surface area contributed by atoms with Crippen LogP contribution in [0, 0.1) is 11.3 Å². The first-order valence-corrected chi connectivity index (χ1v) is 6.66. The number of rotatable bonds is 8. The summed E-state index contributed by atoms with van der Waals surface area (Å²) in [5, 5.41) is 12.3. The predicted octanol–water partition coefficient (Wildman–Crippen LogP) is 2.28. The van der Waals surface area contributed by atoms with Crippen molar-refractivity contribution in [3.05, 3.63) is 35.9 Å². The van der Waals surface area contributed by atoms with E-state index < -0.39 is 0 Å². The zero-order chi connectivity index (χ0) is 12.6. The second-order valence-corrected chi connectivity index (χ2v) is 4.76. The molecule has 0 spiro atoms. The quantitative estimate of drug-likeness (QED) is 0.714. The number of ether oxygens (including phenoxy) is 1. The fraction of sp³-hybridized carbons (Fsp3) is 0.533. The number of hydrogen-bond donors (Lipinski definition) is 1. The maximum Gasteiger partial charge on any atom is 0.0977 e. The average Bonchev–Trinajstić information content (AvgIpc) is 3.22. The number of benzene rings is 1. The van der Waals surface area contributed by atoms with Crippen molar-refractivity contribution in [2.24, 2.45) is 0 Å². The number of nitriles is 1. The molecule has 1 fully saturated rings. The van der Waals surface area contributed by atoms with Crippen LogP contribution in [0.5, 0.6) is 0 Å². The molecular formula is C15H20N2O. The monoisotopic (exact) mass is 244 g/mol. The van der Waals surface area contributed by atoms with Crippen LogP contribution in [0.4, 0.5) is 0 Å². The van der Waals surface area contributed by atoms with Crippen LogP contribution < -0.4 is 5.32 Å². The van der Waals surface area contributed by atoms with Gasteiger partial charge < -0.3 is 4.74 Å². The zero-order valence-corrected chi connectivity index (χ0v) is 10.6. The smallest absolute Gasteiger partial charge is 0.0977 e. The fourth-order valence-electron chi connectivity index (χ4n) is 1.86. The van der Waals surface area contributed by atoms with Gasteiger partial charge >= 0.3 is 0 Å². The Kier molecular flexibility index (Phi) is 5.19. The minimum atomic E-state index is -0.0470. The Morgan fingerprint density at radius 3 is 2.72 bits per heavy atom. The van der Waals surface area contributed by atoms with E-state index in [-0.39, 0.29) is 6.04 Å². The van der Waals surface area contributed by atoms with Crippen molar-refractivity contribution in [3.8, 4) is 6.07 Å². The van der Waals surface area contributed by atoms with Crippen molar-refractivity contribution in [2.45, 2.75) is 37.8 Å². The first kappa shape index (κ1) is 13.1. The van der Waals surface area contributed by atoms with E-state index in [2.05, 4.69) is 23.5 Å². The van der Waals surface area contributed by atoms with E-state index >= 15 is 0 Å². The number of nitrogens with one attached hydrogen (secondary N) is 1. The van der Waals surface area contributed by atoms with Crippen LogP contribution in [0.3, 0.4) is 0 Å². The summed E-state index contributed by atoms with van der Waals surface area (Å²) < 4.78 is 5.58. The zero-order valence-electron chi connectivity index (χ0n) is 10.6. The normalized spacial score (nSPS) is 16.2. The lowest BCUT2D eigenvalue weighted by molar-refractivity contribution is 0.130. The van der Waals surface area contributed by atoms with Crippen LogP contribution >= 0.6 is 0 Å². The minimum absolute atomic E-state index is 0.0470. The lowest BCUT2D eigenvalue weighted by Crippen LogP contribution is -2.30. The third kappa shape index (κ3) is 4.87. The highest BCUT2D eigenvalue weighted by Gasteiger charge is 2.24. The Morgan fingerprint density at radius 2 is 2.06 bits per heavy atom. The van der Waals surface area contributed by atoms with E-state index in [1.54, 1.807) is 0 Å². The summed E-state index contributed by atoms with van der Waals surface area (Å²) in [6, 6.07) is 13.1. The molecule has 3 nitrogen and oxygen atoms in total. The van der Waals surface area contributed by atoms with E-state index in [0.29, 0.717) is 12.6 Å². The summed E-state index contributed by atoms with van der Waals surface area (Å²) in [4.78, 5) is 0. The highest BCUT2D eigenvalue weighted by Crippen LogP contribution is 2.19.